The van der Waals surface area contributed by atoms with Crippen molar-refractivity contribution in [2.45, 2.75) is 37.2 Å². The van der Waals surface area contributed by atoms with Gasteiger partial charge in [-0.15, -0.1) is 0 Å². The topological polar surface area (TPSA) is 118 Å². The molecule has 0 aliphatic carbocycles. The van der Waals surface area contributed by atoms with E-state index in [-0.39, 0.29) is 65.9 Å². The predicted octanol–water partition coefficient (Wildman–Crippen LogP) is 2.09. The summed E-state index contributed by atoms with van der Waals surface area (Å²) in [5.41, 5.74) is -2.37. The van der Waals surface area contributed by atoms with E-state index in [1.54, 1.807) is 121 Å². The number of hydrogen-bond acceptors (Lipinski definition) is 4. The number of carbonyl (C=O) groups excluding carboxylic acids is 1. The third-order valence-corrected chi connectivity index (χ3v) is 8.32. The summed E-state index contributed by atoms with van der Waals surface area (Å²) in [5, 5.41) is 34.6. The first-order chi connectivity index (χ1) is 20.2. The molecule has 0 bridgehead atoms. The Hall–Kier alpha value is -3.31. The van der Waals surface area contributed by atoms with E-state index in [1.807, 2.05) is 0 Å². The van der Waals surface area contributed by atoms with E-state index >= 15 is 0 Å². The number of urea groups is 1. The van der Waals surface area contributed by atoms with Gasteiger partial charge in [-0.1, -0.05) is 128 Å². The minimum atomic E-state index is -2.39. The van der Waals surface area contributed by atoms with Crippen LogP contribution in [0.2, 0.25) is 0 Å². The number of benzene rings is 4. The molecular formula is C34H33KN2O6. The monoisotopic (exact) mass is 604 g/mol. The van der Waals surface area contributed by atoms with E-state index in [0.717, 1.165) is 9.80 Å². The third kappa shape index (κ3) is 5.81. The summed E-state index contributed by atoms with van der Waals surface area (Å²) in [7, 11) is 0. The largest absolute Gasteiger partial charge is 1.00 e. The normalized spacial score (nSPS) is 19.0. The van der Waals surface area contributed by atoms with Gasteiger partial charge in [0.25, 0.3) is 0 Å². The molecule has 4 aromatic rings. The molecule has 0 spiro atoms. The number of rotatable bonds is 10. The molecule has 0 unspecified atom stereocenters. The average molecular weight is 605 g/mol. The fourth-order valence-electron chi connectivity index (χ4n) is 6.29. The molecule has 1 aliphatic rings. The van der Waals surface area contributed by atoms with Crippen LogP contribution in [0, 0.1) is 5.92 Å². The van der Waals surface area contributed by atoms with Gasteiger partial charge >= 0.3 is 69.4 Å². The number of amides is 2. The molecule has 0 saturated carbocycles. The first kappa shape index (κ1) is 32.6. The van der Waals surface area contributed by atoms with Crippen LogP contribution >= 0.6 is 0 Å². The predicted molar refractivity (Wildman–Crippen MR) is 157 cm³/mol. The maximum absolute atomic E-state index is 14.3. The Kier molecular flexibility index (Phi) is 10.3. The zero-order valence-electron chi connectivity index (χ0n) is 25.1. The van der Waals surface area contributed by atoms with Gasteiger partial charge in [-0.3, -0.25) is 0 Å². The van der Waals surface area contributed by atoms with Gasteiger partial charge in [0.2, 0.25) is 0 Å². The molecule has 3 atom stereocenters. The second kappa shape index (κ2) is 13.5. The molecule has 43 heavy (non-hydrogen) atoms. The molecule has 4 aromatic carbocycles. The summed E-state index contributed by atoms with van der Waals surface area (Å²) >= 11 is 0. The van der Waals surface area contributed by atoms with Crippen LogP contribution in [0.5, 0.6) is 0 Å². The van der Waals surface area contributed by atoms with Gasteiger partial charge < -0.3 is 26.5 Å². The standard InChI is InChI=1S/C34H32N2O6.K.H/c1-24(34(42,27-18-10-4-11-19-27)28-20-12-5-13-21-28)33(31(39)40)29(30(37)38)35(22-25-14-6-2-7-15-25)32(41)36(33)23-26-16-8-3-9-17-26;;/h2-21,24,29,42H,22-23H2,1H3,(H,37,38)(H,39,40);;/q;+1;-1/t24-,29+,33+;;/m0../s1. The van der Waals surface area contributed by atoms with E-state index in [2.05, 4.69) is 0 Å². The van der Waals surface area contributed by atoms with Gasteiger partial charge in [0.15, 0.2) is 11.6 Å². The van der Waals surface area contributed by atoms with Gasteiger partial charge in [0, 0.05) is 19.0 Å². The average Bonchev–Trinajstić information content (AvgIpc) is 3.26. The van der Waals surface area contributed by atoms with Crippen molar-refractivity contribution in [3.63, 3.8) is 0 Å². The van der Waals surface area contributed by atoms with Crippen molar-refractivity contribution in [1.29, 1.82) is 0 Å². The smallest absolute Gasteiger partial charge is 1.00 e. The number of aliphatic hydroxyl groups is 1. The van der Waals surface area contributed by atoms with Crippen LogP contribution < -0.4 is 51.4 Å². The molecule has 0 aromatic heterocycles. The first-order valence-electron chi connectivity index (χ1n) is 13.7. The molecule has 1 fully saturated rings. The molecule has 9 heteroatoms. The van der Waals surface area contributed by atoms with Gasteiger partial charge in [0.1, 0.15) is 5.60 Å². The summed E-state index contributed by atoms with van der Waals surface area (Å²) in [6.07, 6.45) is 0. The molecule has 0 radical (unpaired) electrons. The van der Waals surface area contributed by atoms with Gasteiger partial charge in [-0.05, 0) is 22.3 Å². The SMILES string of the molecule is C[C@H](C(O)(c1ccccc1)c1ccccc1)[C@]1(C(=O)O)[C@@H](C(=O)O)N(Cc2ccccc2)C(=O)N1Cc1ccccc1.[H-].[K+]. The van der Waals surface area contributed by atoms with E-state index in [9.17, 15) is 29.7 Å². The Morgan fingerprint density at radius 3 is 1.56 bits per heavy atom. The number of nitrogens with zero attached hydrogens (tertiary/aromatic N) is 2. The quantitative estimate of drug-likeness (QED) is 0.239. The Morgan fingerprint density at radius 2 is 1.16 bits per heavy atom. The van der Waals surface area contributed by atoms with Crippen LogP contribution in [-0.4, -0.2) is 54.7 Å². The van der Waals surface area contributed by atoms with Gasteiger partial charge in [0.05, 0.1) is 0 Å². The summed E-state index contributed by atoms with van der Waals surface area (Å²) < 4.78 is 0. The van der Waals surface area contributed by atoms with Crippen molar-refractivity contribution < 1.29 is 82.5 Å². The van der Waals surface area contributed by atoms with Crippen LogP contribution in [0.15, 0.2) is 121 Å². The van der Waals surface area contributed by atoms with E-state index < -0.39 is 41.1 Å². The molecule has 1 saturated heterocycles. The summed E-state index contributed by atoms with van der Waals surface area (Å²) in [5.74, 6) is -4.35. The van der Waals surface area contributed by atoms with E-state index in [0.29, 0.717) is 22.3 Å². The number of hydrogen-bond donors (Lipinski definition) is 3. The molecule has 1 heterocycles. The minimum absolute atomic E-state index is 0. The van der Waals surface area contributed by atoms with Crippen LogP contribution in [-0.2, 0) is 28.3 Å². The molecule has 2 amide bonds. The zero-order valence-corrected chi connectivity index (χ0v) is 27.2. The Labute approximate surface area is 294 Å². The van der Waals surface area contributed by atoms with Crippen LogP contribution in [0.4, 0.5) is 4.79 Å². The van der Waals surface area contributed by atoms with Crippen molar-refractivity contribution in [3.8, 4) is 0 Å². The first-order valence-corrected chi connectivity index (χ1v) is 13.7. The van der Waals surface area contributed by atoms with Crippen LogP contribution in [0.3, 0.4) is 0 Å². The summed E-state index contributed by atoms with van der Waals surface area (Å²) in [6, 6.07) is 32.2. The fraction of sp³-hybridized carbons (Fsp3) is 0.206. The minimum Gasteiger partial charge on any atom is -1.00 e. The Bertz CT molecular complexity index is 1520. The van der Waals surface area contributed by atoms with Crippen molar-refractivity contribution in [3.05, 3.63) is 144 Å². The van der Waals surface area contributed by atoms with Crippen molar-refractivity contribution in [2.24, 2.45) is 5.92 Å². The number of carboxylic acids is 2. The van der Waals surface area contributed by atoms with Crippen molar-refractivity contribution >= 4 is 18.0 Å². The van der Waals surface area contributed by atoms with Crippen LogP contribution in [0.1, 0.15) is 30.6 Å². The van der Waals surface area contributed by atoms with Crippen molar-refractivity contribution in [1.82, 2.24) is 9.80 Å². The summed E-state index contributed by atoms with van der Waals surface area (Å²) in [4.78, 5) is 43.5. The van der Waals surface area contributed by atoms with Gasteiger partial charge in [-0.25, -0.2) is 14.4 Å². The number of aliphatic carboxylic acids is 2. The second-order valence-electron chi connectivity index (χ2n) is 10.6. The van der Waals surface area contributed by atoms with E-state index in [1.165, 1.54) is 6.92 Å². The molecule has 5 rings (SSSR count). The molecule has 3 N–H and O–H groups in total. The Morgan fingerprint density at radius 1 is 0.767 bits per heavy atom. The maximum Gasteiger partial charge on any atom is 1.00 e. The molecular weight excluding hydrogens is 571 g/mol. The Balaban J connectivity index is 0.00000264. The zero-order chi connectivity index (χ0) is 29.9. The van der Waals surface area contributed by atoms with Crippen molar-refractivity contribution in [2.75, 3.05) is 0 Å². The van der Waals surface area contributed by atoms with Crippen LogP contribution in [0.25, 0.3) is 0 Å². The molecule has 216 valence electrons. The number of carbonyl (C=O) groups is 3. The third-order valence-electron chi connectivity index (χ3n) is 8.32. The maximum atomic E-state index is 14.3. The van der Waals surface area contributed by atoms with E-state index in [4.69, 9.17) is 0 Å². The fourth-order valence-corrected chi connectivity index (χ4v) is 6.29. The number of carboxylic acid groups (broad SMARTS) is 2. The molecule has 8 nitrogen and oxygen atoms in total. The summed E-state index contributed by atoms with van der Waals surface area (Å²) in [6.45, 7) is 1.21. The second-order valence-corrected chi connectivity index (χ2v) is 10.6. The van der Waals surface area contributed by atoms with Gasteiger partial charge in [-0.2, -0.15) is 0 Å². The molecule has 1 aliphatic heterocycles.